The molecule has 2 atom stereocenters. The molecular formula is C20H18F4N6O2. The maximum Gasteiger partial charge on any atom is 0.424 e. The van der Waals surface area contributed by atoms with Gasteiger partial charge in [-0.2, -0.15) is 18.4 Å². The number of alkyl halides is 3. The van der Waals surface area contributed by atoms with Crippen LogP contribution in [0.5, 0.6) is 0 Å². The number of aliphatic imine (C=N–C) groups is 1. The molecule has 0 unspecified atom stereocenters. The summed E-state index contributed by atoms with van der Waals surface area (Å²) in [4.78, 5) is 24.2. The van der Waals surface area contributed by atoms with Crippen molar-refractivity contribution in [1.29, 1.82) is 5.26 Å². The largest absolute Gasteiger partial charge is 0.424 e. The van der Waals surface area contributed by atoms with Gasteiger partial charge in [-0.1, -0.05) is 0 Å². The number of carbonyl (C=O) groups excluding carboxylic acids is 1. The van der Waals surface area contributed by atoms with Gasteiger partial charge in [-0.25, -0.2) is 14.4 Å². The number of pyridine rings is 2. The first-order chi connectivity index (χ1) is 14.8. The molecule has 32 heavy (non-hydrogen) atoms. The highest BCUT2D eigenvalue weighted by molar-refractivity contribution is 6.03. The van der Waals surface area contributed by atoms with E-state index in [-0.39, 0.29) is 22.6 Å². The zero-order valence-electron chi connectivity index (χ0n) is 17.2. The van der Waals surface area contributed by atoms with E-state index in [0.29, 0.717) is 5.56 Å². The van der Waals surface area contributed by atoms with Crippen molar-refractivity contribution in [3.8, 4) is 6.07 Å². The number of aromatic nitrogens is 2. The van der Waals surface area contributed by atoms with E-state index in [2.05, 4.69) is 20.3 Å². The number of nitrogens with zero attached hydrogens (tertiary/aromatic N) is 4. The molecule has 0 aromatic carbocycles. The number of halogens is 4. The lowest BCUT2D eigenvalue weighted by molar-refractivity contribution is -0.249. The average Bonchev–Trinajstić information content (AvgIpc) is 2.71. The molecule has 168 valence electrons. The third-order valence-electron chi connectivity index (χ3n) is 5.14. The summed E-state index contributed by atoms with van der Waals surface area (Å²) in [7, 11) is 0. The van der Waals surface area contributed by atoms with Gasteiger partial charge in [-0.3, -0.25) is 9.79 Å². The number of carbonyl (C=O) groups is 1. The molecule has 3 N–H and O–H groups in total. The van der Waals surface area contributed by atoms with Crippen LogP contribution in [0.2, 0.25) is 0 Å². The van der Waals surface area contributed by atoms with Crippen LogP contribution >= 0.6 is 0 Å². The molecule has 0 spiro atoms. The fourth-order valence-corrected chi connectivity index (χ4v) is 3.10. The van der Waals surface area contributed by atoms with Gasteiger partial charge in [0.1, 0.15) is 34.8 Å². The average molecular weight is 450 g/mol. The standard InChI is InChI=1S/C20H18F4N6O2/c1-10-4-11(6-25)7-28-15(10)16(31)29-14-5-12(13(21)8-27-14)18(2)9-32-19(3,17(26)30-18)20(22,23)24/h4-5,7-8H,9H2,1-3H3,(H2,26,30)(H,27,29,31)/t18-,19-/m1/s1. The summed E-state index contributed by atoms with van der Waals surface area (Å²) in [5.74, 6) is -2.47. The van der Waals surface area contributed by atoms with Gasteiger partial charge in [0.15, 0.2) is 0 Å². The molecule has 3 rings (SSSR count). The predicted molar refractivity (Wildman–Crippen MR) is 105 cm³/mol. The van der Waals surface area contributed by atoms with Crippen LogP contribution in [-0.2, 0) is 10.3 Å². The maximum atomic E-state index is 14.6. The molecule has 8 nitrogen and oxygen atoms in total. The van der Waals surface area contributed by atoms with E-state index in [4.69, 9.17) is 15.7 Å². The highest BCUT2D eigenvalue weighted by atomic mass is 19.4. The molecule has 1 aliphatic rings. The molecule has 0 bridgehead atoms. The summed E-state index contributed by atoms with van der Waals surface area (Å²) in [6.07, 6.45) is -2.79. The predicted octanol–water partition coefficient (Wildman–Crippen LogP) is 2.97. The molecular weight excluding hydrogens is 432 g/mol. The molecule has 0 saturated heterocycles. The summed E-state index contributed by atoms with van der Waals surface area (Å²) in [5, 5.41) is 11.3. The molecule has 1 amide bonds. The molecule has 2 aromatic heterocycles. The molecule has 0 saturated carbocycles. The van der Waals surface area contributed by atoms with Crippen LogP contribution in [0.25, 0.3) is 0 Å². The number of rotatable bonds is 3. The molecule has 0 radical (unpaired) electrons. The Morgan fingerprint density at radius 3 is 2.53 bits per heavy atom. The molecule has 3 heterocycles. The Hall–Kier alpha value is -3.59. The highest BCUT2D eigenvalue weighted by Crippen LogP contribution is 2.41. The number of amidine groups is 1. The van der Waals surface area contributed by atoms with Gasteiger partial charge in [0, 0.05) is 11.8 Å². The second-order valence-electron chi connectivity index (χ2n) is 7.60. The van der Waals surface area contributed by atoms with Crippen LogP contribution in [0.15, 0.2) is 29.5 Å². The smallest absolute Gasteiger partial charge is 0.385 e. The van der Waals surface area contributed by atoms with E-state index in [1.807, 2.05) is 6.07 Å². The Labute approximate surface area is 180 Å². The number of ether oxygens (including phenoxy) is 1. The SMILES string of the molecule is Cc1cc(C#N)cnc1C(=O)Nc1cc([C@@]2(C)CO[C@@](C)(C(F)(F)F)C(N)=N2)c(F)cn1. The molecule has 0 fully saturated rings. The van der Waals surface area contributed by atoms with Gasteiger partial charge < -0.3 is 15.8 Å². The first kappa shape index (κ1) is 23.1. The summed E-state index contributed by atoms with van der Waals surface area (Å²) in [6, 6.07) is 4.52. The molecule has 12 heteroatoms. The van der Waals surface area contributed by atoms with E-state index in [1.54, 1.807) is 6.92 Å². The summed E-state index contributed by atoms with van der Waals surface area (Å²) in [5.41, 5.74) is 1.73. The van der Waals surface area contributed by atoms with E-state index >= 15 is 0 Å². The highest BCUT2D eigenvalue weighted by Gasteiger charge is 2.59. The van der Waals surface area contributed by atoms with Crippen molar-refractivity contribution in [2.45, 2.75) is 38.1 Å². The Kier molecular flexibility index (Phi) is 5.65. The van der Waals surface area contributed by atoms with Gasteiger partial charge in [0.05, 0.1) is 18.4 Å². The van der Waals surface area contributed by atoms with Crippen LogP contribution in [-0.4, -0.2) is 40.1 Å². The van der Waals surface area contributed by atoms with E-state index in [0.717, 1.165) is 19.2 Å². The normalized spacial score (nSPS) is 23.2. The van der Waals surface area contributed by atoms with Gasteiger partial charge in [-0.05, 0) is 38.5 Å². The van der Waals surface area contributed by atoms with Crippen LogP contribution in [0.4, 0.5) is 23.4 Å². The minimum absolute atomic E-state index is 0.0205. The number of amides is 1. The first-order valence-corrected chi connectivity index (χ1v) is 9.21. The van der Waals surface area contributed by atoms with Crippen molar-refractivity contribution >= 4 is 17.6 Å². The Balaban J connectivity index is 1.93. The van der Waals surface area contributed by atoms with Gasteiger partial charge in [0.25, 0.3) is 5.91 Å². The lowest BCUT2D eigenvalue weighted by atomic mass is 9.90. The Morgan fingerprint density at radius 1 is 1.28 bits per heavy atom. The van der Waals surface area contributed by atoms with E-state index in [1.165, 1.54) is 19.2 Å². The third-order valence-corrected chi connectivity index (χ3v) is 5.14. The number of nitrogens with one attached hydrogen (secondary N) is 1. The third kappa shape index (κ3) is 3.99. The second kappa shape index (κ2) is 7.83. The first-order valence-electron chi connectivity index (χ1n) is 9.21. The van der Waals surface area contributed by atoms with Crippen LogP contribution in [0.1, 0.15) is 41.0 Å². The van der Waals surface area contributed by atoms with Crippen molar-refractivity contribution in [3.63, 3.8) is 0 Å². The fourth-order valence-electron chi connectivity index (χ4n) is 3.10. The van der Waals surface area contributed by atoms with Crippen molar-refractivity contribution in [1.82, 2.24) is 9.97 Å². The lowest BCUT2D eigenvalue weighted by Crippen LogP contribution is -2.60. The van der Waals surface area contributed by atoms with Crippen LogP contribution < -0.4 is 11.1 Å². The fraction of sp³-hybridized carbons (Fsp3) is 0.350. The van der Waals surface area contributed by atoms with E-state index < -0.39 is 41.5 Å². The van der Waals surface area contributed by atoms with Gasteiger partial charge in [-0.15, -0.1) is 0 Å². The number of aryl methyl sites for hydroxylation is 1. The Morgan fingerprint density at radius 2 is 1.97 bits per heavy atom. The summed E-state index contributed by atoms with van der Waals surface area (Å²) < 4.78 is 59.5. The Bertz CT molecular complexity index is 1160. The monoisotopic (exact) mass is 450 g/mol. The maximum absolute atomic E-state index is 14.6. The molecule has 0 aliphatic carbocycles. The number of nitriles is 1. The minimum atomic E-state index is -4.82. The number of hydrogen-bond acceptors (Lipinski definition) is 7. The van der Waals surface area contributed by atoms with Crippen molar-refractivity contribution in [2.24, 2.45) is 10.7 Å². The van der Waals surface area contributed by atoms with Gasteiger partial charge in [0.2, 0.25) is 5.60 Å². The van der Waals surface area contributed by atoms with Crippen molar-refractivity contribution < 1.29 is 27.1 Å². The van der Waals surface area contributed by atoms with Crippen molar-refractivity contribution in [2.75, 3.05) is 11.9 Å². The van der Waals surface area contributed by atoms with Crippen LogP contribution in [0.3, 0.4) is 0 Å². The number of hydrogen-bond donors (Lipinski definition) is 2. The number of anilines is 1. The minimum Gasteiger partial charge on any atom is -0.385 e. The van der Waals surface area contributed by atoms with E-state index in [9.17, 15) is 22.4 Å². The summed E-state index contributed by atoms with van der Waals surface area (Å²) >= 11 is 0. The molecule has 1 aliphatic heterocycles. The van der Waals surface area contributed by atoms with Gasteiger partial charge >= 0.3 is 6.18 Å². The van der Waals surface area contributed by atoms with Crippen molar-refractivity contribution in [3.05, 3.63) is 52.7 Å². The summed E-state index contributed by atoms with van der Waals surface area (Å²) in [6.45, 7) is 3.06. The lowest BCUT2D eigenvalue weighted by Gasteiger charge is -2.40. The number of nitrogens with two attached hydrogens (primary N) is 1. The zero-order valence-corrected chi connectivity index (χ0v) is 17.2. The topological polar surface area (TPSA) is 126 Å². The second-order valence-corrected chi connectivity index (χ2v) is 7.60. The quantitative estimate of drug-likeness (QED) is 0.693. The van der Waals surface area contributed by atoms with Crippen LogP contribution in [0, 0.1) is 24.1 Å². The molecule has 2 aromatic rings. The zero-order chi connectivity index (χ0) is 23.9.